The number of aromatic carboxylic acids is 1. The quantitative estimate of drug-likeness (QED) is 0.838. The van der Waals surface area contributed by atoms with E-state index in [1.165, 1.54) is 0 Å². The lowest BCUT2D eigenvalue weighted by atomic mass is 10.1. The Morgan fingerprint density at radius 3 is 3.00 bits per heavy atom. The Hall–Kier alpha value is -2.65. The first-order chi connectivity index (χ1) is 9.60. The van der Waals surface area contributed by atoms with E-state index in [-0.39, 0.29) is 16.7 Å². The van der Waals surface area contributed by atoms with Crippen molar-refractivity contribution in [1.29, 1.82) is 5.26 Å². The summed E-state index contributed by atoms with van der Waals surface area (Å²) < 4.78 is 0. The van der Waals surface area contributed by atoms with Crippen LogP contribution in [0.5, 0.6) is 0 Å². The summed E-state index contributed by atoms with van der Waals surface area (Å²) in [6, 6.07) is 9.00. The second-order valence-corrected chi connectivity index (χ2v) is 4.21. The minimum Gasteiger partial charge on any atom is -0.477 e. The number of aromatic nitrogens is 2. The molecule has 0 spiro atoms. The van der Waals surface area contributed by atoms with E-state index in [1.807, 2.05) is 12.1 Å². The minimum atomic E-state index is -1.14. The summed E-state index contributed by atoms with van der Waals surface area (Å²) in [5.74, 6) is -1.00. The van der Waals surface area contributed by atoms with E-state index in [0.717, 1.165) is 11.8 Å². The van der Waals surface area contributed by atoms with Crippen LogP contribution in [0.15, 0.2) is 30.5 Å². The zero-order chi connectivity index (χ0) is 14.5. The molecule has 1 aromatic heterocycles. The molecule has 6 nitrogen and oxygen atoms in total. The van der Waals surface area contributed by atoms with Crippen LogP contribution in [-0.2, 0) is 6.54 Å². The summed E-state index contributed by atoms with van der Waals surface area (Å²) in [7, 11) is 0. The molecule has 20 heavy (non-hydrogen) atoms. The van der Waals surface area contributed by atoms with E-state index in [2.05, 4.69) is 15.3 Å². The average molecular weight is 289 g/mol. The van der Waals surface area contributed by atoms with Crippen molar-refractivity contribution in [2.75, 3.05) is 5.32 Å². The highest BCUT2D eigenvalue weighted by atomic mass is 35.5. The molecule has 0 saturated carbocycles. The van der Waals surface area contributed by atoms with Gasteiger partial charge in [0.25, 0.3) is 0 Å². The number of anilines is 1. The molecule has 1 aromatic carbocycles. The van der Waals surface area contributed by atoms with Crippen LogP contribution in [0.1, 0.15) is 21.5 Å². The largest absolute Gasteiger partial charge is 0.477 e. The van der Waals surface area contributed by atoms with E-state index < -0.39 is 5.97 Å². The van der Waals surface area contributed by atoms with Crippen molar-refractivity contribution in [3.8, 4) is 6.07 Å². The van der Waals surface area contributed by atoms with Crippen LogP contribution in [-0.4, -0.2) is 21.0 Å². The van der Waals surface area contributed by atoms with Gasteiger partial charge in [0.2, 0.25) is 5.28 Å². The number of nitriles is 1. The van der Waals surface area contributed by atoms with Gasteiger partial charge in [-0.15, -0.1) is 0 Å². The van der Waals surface area contributed by atoms with Gasteiger partial charge in [-0.2, -0.15) is 10.2 Å². The van der Waals surface area contributed by atoms with E-state index in [1.54, 1.807) is 18.2 Å². The minimum absolute atomic E-state index is 0.0386. The summed E-state index contributed by atoms with van der Waals surface area (Å²) in [5.41, 5.74) is 1.30. The zero-order valence-corrected chi connectivity index (χ0v) is 10.9. The van der Waals surface area contributed by atoms with Crippen LogP contribution in [0.4, 0.5) is 5.82 Å². The molecule has 0 fully saturated rings. The van der Waals surface area contributed by atoms with Crippen molar-refractivity contribution in [2.45, 2.75) is 6.54 Å². The molecule has 100 valence electrons. The standard InChI is InChI=1S/C13H9ClN4O2/c14-13-17-7-10(12(19)20)11(18-13)16-6-9-3-1-2-8(4-9)5-15/h1-4,7H,6H2,(H,19,20)(H,16,17,18). The Bertz CT molecular complexity index is 697. The van der Waals surface area contributed by atoms with Gasteiger partial charge in [-0.05, 0) is 29.3 Å². The molecule has 0 amide bonds. The molecule has 1 heterocycles. The molecule has 0 saturated heterocycles. The Morgan fingerprint density at radius 1 is 1.50 bits per heavy atom. The molecule has 2 aromatic rings. The summed E-state index contributed by atoms with van der Waals surface area (Å²) in [4.78, 5) is 18.5. The van der Waals surface area contributed by atoms with Gasteiger partial charge >= 0.3 is 5.97 Å². The number of nitrogens with zero attached hydrogens (tertiary/aromatic N) is 3. The lowest BCUT2D eigenvalue weighted by Gasteiger charge is -2.08. The number of hydrogen-bond acceptors (Lipinski definition) is 5. The first-order valence-electron chi connectivity index (χ1n) is 5.59. The molecular formula is C13H9ClN4O2. The Balaban J connectivity index is 2.20. The summed E-state index contributed by atoms with van der Waals surface area (Å²) >= 11 is 5.65. The number of carboxylic acids is 1. The van der Waals surface area contributed by atoms with E-state index in [9.17, 15) is 4.79 Å². The fourth-order valence-corrected chi connectivity index (χ4v) is 1.72. The first kappa shape index (κ1) is 13.8. The second kappa shape index (κ2) is 5.99. The third-order valence-electron chi connectivity index (χ3n) is 2.51. The molecule has 0 radical (unpaired) electrons. The Labute approximate surface area is 119 Å². The first-order valence-corrected chi connectivity index (χ1v) is 5.96. The van der Waals surface area contributed by atoms with Crippen LogP contribution in [0, 0.1) is 11.3 Å². The number of halogens is 1. The normalized spacial score (nSPS) is 9.80. The molecule has 2 rings (SSSR count). The molecule has 0 unspecified atom stereocenters. The van der Waals surface area contributed by atoms with Gasteiger partial charge < -0.3 is 10.4 Å². The summed E-state index contributed by atoms with van der Waals surface area (Å²) in [5, 5.41) is 20.7. The van der Waals surface area contributed by atoms with Crippen molar-refractivity contribution < 1.29 is 9.90 Å². The van der Waals surface area contributed by atoms with Gasteiger partial charge in [0.1, 0.15) is 11.4 Å². The van der Waals surface area contributed by atoms with Crippen molar-refractivity contribution in [1.82, 2.24) is 9.97 Å². The van der Waals surface area contributed by atoms with E-state index in [4.69, 9.17) is 22.0 Å². The second-order valence-electron chi connectivity index (χ2n) is 3.87. The van der Waals surface area contributed by atoms with Gasteiger partial charge in [0.15, 0.2) is 0 Å². The highest BCUT2D eigenvalue weighted by Crippen LogP contribution is 2.15. The number of nitrogens with one attached hydrogen (secondary N) is 1. The van der Waals surface area contributed by atoms with Crippen LogP contribution in [0.25, 0.3) is 0 Å². The highest BCUT2D eigenvalue weighted by molar-refractivity contribution is 6.28. The molecule has 0 aliphatic carbocycles. The Morgan fingerprint density at radius 2 is 2.30 bits per heavy atom. The predicted molar refractivity (Wildman–Crippen MR) is 72.5 cm³/mol. The third kappa shape index (κ3) is 3.22. The van der Waals surface area contributed by atoms with E-state index in [0.29, 0.717) is 12.1 Å². The lowest BCUT2D eigenvalue weighted by molar-refractivity contribution is 0.0697. The molecule has 0 bridgehead atoms. The summed E-state index contributed by atoms with van der Waals surface area (Å²) in [6.07, 6.45) is 1.14. The van der Waals surface area contributed by atoms with E-state index >= 15 is 0 Å². The van der Waals surface area contributed by atoms with Gasteiger partial charge in [0.05, 0.1) is 11.6 Å². The van der Waals surface area contributed by atoms with Crippen LogP contribution in [0.3, 0.4) is 0 Å². The van der Waals surface area contributed by atoms with Crippen molar-refractivity contribution in [3.63, 3.8) is 0 Å². The summed E-state index contributed by atoms with van der Waals surface area (Å²) in [6.45, 7) is 0.323. The van der Waals surface area contributed by atoms with Gasteiger partial charge in [0, 0.05) is 12.7 Å². The van der Waals surface area contributed by atoms with Crippen LogP contribution < -0.4 is 5.32 Å². The third-order valence-corrected chi connectivity index (χ3v) is 2.69. The highest BCUT2D eigenvalue weighted by Gasteiger charge is 2.12. The topological polar surface area (TPSA) is 98.9 Å². The SMILES string of the molecule is N#Cc1cccc(CNc2nc(Cl)ncc2C(=O)O)c1. The Kier molecular flexibility index (Phi) is 4.13. The smallest absolute Gasteiger partial charge is 0.341 e. The molecule has 0 atom stereocenters. The monoisotopic (exact) mass is 288 g/mol. The number of hydrogen-bond donors (Lipinski definition) is 2. The maximum atomic E-state index is 11.0. The molecule has 0 aliphatic rings. The van der Waals surface area contributed by atoms with Crippen molar-refractivity contribution in [3.05, 3.63) is 52.4 Å². The zero-order valence-electron chi connectivity index (χ0n) is 10.2. The molecular weight excluding hydrogens is 280 g/mol. The molecule has 0 aliphatic heterocycles. The average Bonchev–Trinajstić information content (AvgIpc) is 2.45. The van der Waals surface area contributed by atoms with Crippen LogP contribution >= 0.6 is 11.6 Å². The van der Waals surface area contributed by atoms with Gasteiger partial charge in [-0.25, -0.2) is 9.78 Å². The van der Waals surface area contributed by atoms with Crippen molar-refractivity contribution in [2.24, 2.45) is 0 Å². The number of benzene rings is 1. The predicted octanol–water partition coefficient (Wildman–Crippen LogP) is 2.31. The molecule has 2 N–H and O–H groups in total. The van der Waals surface area contributed by atoms with Crippen molar-refractivity contribution >= 4 is 23.4 Å². The number of carbonyl (C=O) groups is 1. The number of carboxylic acid groups (broad SMARTS) is 1. The fourth-order valence-electron chi connectivity index (χ4n) is 1.59. The molecule has 7 heteroatoms. The fraction of sp³-hybridized carbons (Fsp3) is 0.0769. The lowest BCUT2D eigenvalue weighted by Crippen LogP contribution is -2.09. The van der Waals surface area contributed by atoms with Gasteiger partial charge in [-0.1, -0.05) is 12.1 Å². The van der Waals surface area contributed by atoms with Gasteiger partial charge in [-0.3, -0.25) is 0 Å². The maximum Gasteiger partial charge on any atom is 0.341 e. The number of rotatable bonds is 4. The van der Waals surface area contributed by atoms with Crippen LogP contribution in [0.2, 0.25) is 5.28 Å². The maximum absolute atomic E-state index is 11.0.